The van der Waals surface area contributed by atoms with E-state index in [2.05, 4.69) is 13.8 Å². The highest BCUT2D eigenvalue weighted by Crippen LogP contribution is 2.33. The number of thiocarbonyl (C=S) groups is 1. The molecule has 0 aromatic heterocycles. The largest absolute Gasteiger partial charge is 0.392 e. The molecular weight excluding hydrogens is 264 g/mol. The Morgan fingerprint density at radius 2 is 1.78 bits per heavy atom. The molecule has 0 spiro atoms. The molecule has 5 heteroatoms. The number of carbonyl (C=O) groups excluding carboxylic acids is 1. The van der Waals surface area contributed by atoms with Gasteiger partial charge in [0.1, 0.15) is 0 Å². The van der Waals surface area contributed by atoms with E-state index in [1.165, 1.54) is 0 Å². The van der Waals surface area contributed by atoms with Crippen molar-refractivity contribution in [3.63, 3.8) is 0 Å². The number of hydrogen-bond donors (Lipinski definition) is 1. The van der Waals surface area contributed by atoms with E-state index in [0.29, 0.717) is 4.99 Å². The van der Waals surface area contributed by atoms with Crippen LogP contribution in [0, 0.1) is 5.41 Å². The maximum absolute atomic E-state index is 12.8. The van der Waals surface area contributed by atoms with Crippen LogP contribution in [-0.2, 0) is 4.79 Å². The SMILES string of the molecule is CCCC(CCC)(C(=O)N1CCSCC1)C(N)=S. The number of carbonyl (C=O) groups is 1. The maximum atomic E-state index is 12.8. The molecule has 1 aliphatic heterocycles. The van der Waals surface area contributed by atoms with Crippen LogP contribution in [-0.4, -0.2) is 40.4 Å². The Morgan fingerprint density at radius 1 is 1.28 bits per heavy atom. The second kappa shape index (κ2) is 7.34. The average Bonchev–Trinajstić information content (AvgIpc) is 2.38. The summed E-state index contributed by atoms with van der Waals surface area (Å²) in [5.74, 6) is 2.22. The van der Waals surface area contributed by atoms with Crippen molar-refractivity contribution in [2.45, 2.75) is 39.5 Å². The summed E-state index contributed by atoms with van der Waals surface area (Å²) in [6, 6.07) is 0. The first-order valence-corrected chi connectivity index (χ1v) is 8.31. The second-order valence-corrected chi connectivity index (χ2v) is 6.52. The van der Waals surface area contributed by atoms with E-state index in [0.717, 1.165) is 50.3 Å². The Morgan fingerprint density at radius 3 is 2.17 bits per heavy atom. The quantitative estimate of drug-likeness (QED) is 0.763. The van der Waals surface area contributed by atoms with Crippen molar-refractivity contribution < 1.29 is 4.79 Å². The first-order chi connectivity index (χ1) is 8.58. The molecular formula is C13H24N2OS2. The smallest absolute Gasteiger partial charge is 0.235 e. The highest BCUT2D eigenvalue weighted by molar-refractivity contribution is 7.99. The molecule has 3 nitrogen and oxygen atoms in total. The Labute approximate surface area is 120 Å². The molecule has 0 atom stereocenters. The van der Waals surface area contributed by atoms with E-state index in [9.17, 15) is 4.79 Å². The van der Waals surface area contributed by atoms with Gasteiger partial charge in [0.05, 0.1) is 10.4 Å². The zero-order valence-electron chi connectivity index (χ0n) is 11.4. The lowest BCUT2D eigenvalue weighted by molar-refractivity contribution is -0.138. The molecule has 1 aliphatic rings. The summed E-state index contributed by atoms with van der Waals surface area (Å²) in [5, 5.41) is 0. The third-order valence-electron chi connectivity index (χ3n) is 3.53. The van der Waals surface area contributed by atoms with Crippen LogP contribution in [0.4, 0.5) is 0 Å². The third kappa shape index (κ3) is 3.38. The van der Waals surface area contributed by atoms with Crippen LogP contribution in [0.3, 0.4) is 0 Å². The molecule has 0 unspecified atom stereocenters. The molecule has 1 fully saturated rings. The number of amides is 1. The number of rotatable bonds is 6. The monoisotopic (exact) mass is 288 g/mol. The molecule has 1 saturated heterocycles. The van der Waals surface area contributed by atoms with Gasteiger partial charge in [0.2, 0.25) is 5.91 Å². The summed E-state index contributed by atoms with van der Waals surface area (Å²) in [6.45, 7) is 5.84. The van der Waals surface area contributed by atoms with Crippen molar-refractivity contribution >= 4 is 34.9 Å². The summed E-state index contributed by atoms with van der Waals surface area (Å²) in [5.41, 5.74) is 5.33. The van der Waals surface area contributed by atoms with Gasteiger partial charge in [-0.3, -0.25) is 4.79 Å². The van der Waals surface area contributed by atoms with Gasteiger partial charge in [-0.15, -0.1) is 0 Å². The van der Waals surface area contributed by atoms with Crippen LogP contribution in [0.15, 0.2) is 0 Å². The molecule has 1 rings (SSSR count). The number of hydrogen-bond acceptors (Lipinski definition) is 3. The van der Waals surface area contributed by atoms with Gasteiger partial charge in [0.15, 0.2) is 0 Å². The lowest BCUT2D eigenvalue weighted by Gasteiger charge is -2.38. The van der Waals surface area contributed by atoms with E-state index in [1.54, 1.807) is 0 Å². The lowest BCUT2D eigenvalue weighted by atomic mass is 9.77. The fourth-order valence-electron chi connectivity index (χ4n) is 2.61. The van der Waals surface area contributed by atoms with Crippen molar-refractivity contribution in [1.82, 2.24) is 4.90 Å². The molecule has 2 N–H and O–H groups in total. The summed E-state index contributed by atoms with van der Waals surface area (Å²) in [6.07, 6.45) is 3.43. The Balaban J connectivity index is 2.91. The molecule has 1 amide bonds. The van der Waals surface area contributed by atoms with Crippen LogP contribution in [0.1, 0.15) is 39.5 Å². The molecule has 18 heavy (non-hydrogen) atoms. The summed E-state index contributed by atoms with van der Waals surface area (Å²) < 4.78 is 0. The molecule has 0 aromatic rings. The van der Waals surface area contributed by atoms with Gasteiger partial charge in [-0.1, -0.05) is 38.9 Å². The number of nitrogens with two attached hydrogens (primary N) is 1. The van der Waals surface area contributed by atoms with Gasteiger partial charge < -0.3 is 10.6 Å². The van der Waals surface area contributed by atoms with Gasteiger partial charge in [-0.05, 0) is 12.8 Å². The Kier molecular flexibility index (Phi) is 6.43. The highest BCUT2D eigenvalue weighted by Gasteiger charge is 2.42. The minimum absolute atomic E-state index is 0.166. The van der Waals surface area contributed by atoms with Crippen LogP contribution in [0.2, 0.25) is 0 Å². The standard InChI is InChI=1S/C13H24N2OS2/c1-3-5-13(6-4-2,11(14)17)12(16)15-7-9-18-10-8-15/h3-10H2,1-2H3,(H2,14,17). The average molecular weight is 288 g/mol. The second-order valence-electron chi connectivity index (χ2n) is 4.85. The third-order valence-corrected chi connectivity index (χ3v) is 4.87. The number of thioether (sulfide) groups is 1. The predicted molar refractivity (Wildman–Crippen MR) is 82.9 cm³/mol. The van der Waals surface area contributed by atoms with Gasteiger partial charge in [0.25, 0.3) is 0 Å². The van der Waals surface area contributed by atoms with E-state index in [4.69, 9.17) is 18.0 Å². The van der Waals surface area contributed by atoms with Crippen molar-refractivity contribution in [2.75, 3.05) is 24.6 Å². The fourth-order valence-corrected chi connectivity index (χ4v) is 3.81. The first-order valence-electron chi connectivity index (χ1n) is 6.75. The zero-order chi connectivity index (χ0) is 13.6. The maximum Gasteiger partial charge on any atom is 0.235 e. The van der Waals surface area contributed by atoms with Crippen molar-refractivity contribution in [3.05, 3.63) is 0 Å². The normalized spacial score (nSPS) is 16.7. The van der Waals surface area contributed by atoms with Gasteiger partial charge in [-0.25, -0.2) is 0 Å². The number of nitrogens with zero attached hydrogens (tertiary/aromatic N) is 1. The van der Waals surface area contributed by atoms with E-state index in [1.807, 2.05) is 16.7 Å². The van der Waals surface area contributed by atoms with Gasteiger partial charge in [-0.2, -0.15) is 11.8 Å². The zero-order valence-corrected chi connectivity index (χ0v) is 13.0. The van der Waals surface area contributed by atoms with Crippen LogP contribution < -0.4 is 5.73 Å². The first kappa shape index (κ1) is 15.8. The van der Waals surface area contributed by atoms with E-state index in [-0.39, 0.29) is 5.91 Å². The van der Waals surface area contributed by atoms with Crippen molar-refractivity contribution in [1.29, 1.82) is 0 Å². The molecule has 0 aromatic carbocycles. The van der Waals surface area contributed by atoms with Crippen molar-refractivity contribution in [3.8, 4) is 0 Å². The summed E-state index contributed by atoms with van der Waals surface area (Å²) in [4.78, 5) is 15.1. The Hall–Kier alpha value is -0.290. The molecule has 0 bridgehead atoms. The van der Waals surface area contributed by atoms with E-state index >= 15 is 0 Å². The van der Waals surface area contributed by atoms with Crippen molar-refractivity contribution in [2.24, 2.45) is 11.1 Å². The van der Waals surface area contributed by atoms with Crippen LogP contribution in [0.25, 0.3) is 0 Å². The van der Waals surface area contributed by atoms with Gasteiger partial charge in [0, 0.05) is 24.6 Å². The van der Waals surface area contributed by atoms with Gasteiger partial charge >= 0.3 is 0 Å². The topological polar surface area (TPSA) is 46.3 Å². The fraction of sp³-hybridized carbons (Fsp3) is 0.846. The van der Waals surface area contributed by atoms with Crippen LogP contribution >= 0.6 is 24.0 Å². The Bertz CT molecular complexity index is 295. The summed E-state index contributed by atoms with van der Waals surface area (Å²) >= 11 is 7.13. The highest BCUT2D eigenvalue weighted by atomic mass is 32.2. The molecule has 0 aliphatic carbocycles. The molecule has 0 radical (unpaired) electrons. The molecule has 1 heterocycles. The predicted octanol–water partition coefficient (Wildman–Crippen LogP) is 2.43. The minimum Gasteiger partial charge on any atom is -0.392 e. The summed E-state index contributed by atoms with van der Waals surface area (Å²) in [7, 11) is 0. The minimum atomic E-state index is -0.596. The van der Waals surface area contributed by atoms with E-state index < -0.39 is 5.41 Å². The molecule has 0 saturated carbocycles. The van der Waals surface area contributed by atoms with Crippen LogP contribution in [0.5, 0.6) is 0 Å². The molecule has 104 valence electrons. The lowest BCUT2D eigenvalue weighted by Crippen LogP contribution is -2.52.